The molecule has 32 heavy (non-hydrogen) atoms. The number of carbonyl (C=O) groups is 2. The van der Waals surface area contributed by atoms with Crippen molar-refractivity contribution in [3.8, 4) is 11.5 Å². The molecule has 8 heteroatoms. The summed E-state index contributed by atoms with van der Waals surface area (Å²) in [6.07, 6.45) is 7.44. The zero-order valence-corrected chi connectivity index (χ0v) is 17.7. The highest BCUT2D eigenvalue weighted by Gasteiger charge is 2.23. The number of rotatable bonds is 7. The number of hydrogen-bond acceptors (Lipinski definition) is 5. The number of hydroxylamine groups is 1. The van der Waals surface area contributed by atoms with E-state index in [4.69, 9.17) is 14.3 Å². The van der Waals surface area contributed by atoms with Crippen LogP contribution in [0.3, 0.4) is 0 Å². The molecule has 6 nitrogen and oxygen atoms in total. The fourth-order valence-electron chi connectivity index (χ4n) is 3.49. The SMILES string of the molecule is COc1cc(/C=C/C(=O)NOC(=O)C2CCCCC2)ccc1OCc1cc(F)cc(F)c1. The minimum atomic E-state index is -0.682. The molecule has 0 atom stereocenters. The van der Waals surface area contributed by atoms with Crippen molar-refractivity contribution in [1.82, 2.24) is 5.48 Å². The minimum Gasteiger partial charge on any atom is -0.493 e. The maximum Gasteiger partial charge on any atom is 0.335 e. The maximum absolute atomic E-state index is 13.3. The molecule has 1 amide bonds. The first-order valence-corrected chi connectivity index (χ1v) is 10.4. The zero-order chi connectivity index (χ0) is 22.9. The number of amides is 1. The highest BCUT2D eigenvalue weighted by molar-refractivity contribution is 5.92. The van der Waals surface area contributed by atoms with E-state index >= 15 is 0 Å². The Hall–Kier alpha value is -3.42. The van der Waals surface area contributed by atoms with Crippen LogP contribution < -0.4 is 15.0 Å². The first kappa shape index (κ1) is 23.2. The van der Waals surface area contributed by atoms with E-state index < -0.39 is 23.5 Å². The lowest BCUT2D eigenvalue weighted by Gasteiger charge is -2.19. The monoisotopic (exact) mass is 445 g/mol. The first-order valence-electron chi connectivity index (χ1n) is 10.4. The second-order valence-electron chi connectivity index (χ2n) is 7.53. The zero-order valence-electron chi connectivity index (χ0n) is 17.7. The normalized spacial score (nSPS) is 14.2. The molecule has 0 spiro atoms. The summed E-state index contributed by atoms with van der Waals surface area (Å²) in [7, 11) is 1.45. The highest BCUT2D eigenvalue weighted by atomic mass is 19.1. The average molecular weight is 445 g/mol. The molecule has 0 aromatic heterocycles. The Bertz CT molecular complexity index is 966. The number of methoxy groups -OCH3 is 1. The summed E-state index contributed by atoms with van der Waals surface area (Å²) in [4.78, 5) is 28.8. The number of ether oxygens (including phenoxy) is 2. The molecule has 2 aromatic rings. The van der Waals surface area contributed by atoms with Crippen molar-refractivity contribution in [2.24, 2.45) is 5.92 Å². The molecule has 3 rings (SSSR count). The van der Waals surface area contributed by atoms with Crippen molar-refractivity contribution in [2.75, 3.05) is 7.11 Å². The molecule has 0 heterocycles. The average Bonchev–Trinajstić information content (AvgIpc) is 2.80. The van der Waals surface area contributed by atoms with Gasteiger partial charge in [0.1, 0.15) is 18.2 Å². The molecular formula is C24H25F2NO5. The smallest absolute Gasteiger partial charge is 0.335 e. The Morgan fingerprint density at radius 3 is 2.44 bits per heavy atom. The Morgan fingerprint density at radius 1 is 1.03 bits per heavy atom. The summed E-state index contributed by atoms with van der Waals surface area (Å²) in [6, 6.07) is 8.10. The van der Waals surface area contributed by atoms with Crippen molar-refractivity contribution in [3.63, 3.8) is 0 Å². The van der Waals surface area contributed by atoms with Gasteiger partial charge in [-0.3, -0.25) is 4.79 Å². The quantitative estimate of drug-likeness (QED) is 0.493. The van der Waals surface area contributed by atoms with E-state index in [0.717, 1.165) is 38.2 Å². The largest absolute Gasteiger partial charge is 0.493 e. The molecule has 2 aromatic carbocycles. The van der Waals surface area contributed by atoms with Gasteiger partial charge in [0.25, 0.3) is 5.91 Å². The summed E-state index contributed by atoms with van der Waals surface area (Å²) < 4.78 is 37.5. The molecule has 0 radical (unpaired) electrons. The lowest BCUT2D eigenvalue weighted by atomic mass is 9.89. The molecular weight excluding hydrogens is 420 g/mol. The molecule has 1 saturated carbocycles. The Morgan fingerprint density at radius 2 is 1.75 bits per heavy atom. The van der Waals surface area contributed by atoms with Gasteiger partial charge in [0, 0.05) is 12.1 Å². The molecule has 0 aliphatic heterocycles. The fourth-order valence-corrected chi connectivity index (χ4v) is 3.49. The summed E-state index contributed by atoms with van der Waals surface area (Å²) >= 11 is 0. The lowest BCUT2D eigenvalue weighted by molar-refractivity contribution is -0.161. The van der Waals surface area contributed by atoms with E-state index in [1.165, 1.54) is 31.4 Å². The van der Waals surface area contributed by atoms with Gasteiger partial charge in [-0.15, -0.1) is 0 Å². The van der Waals surface area contributed by atoms with Crippen LogP contribution in [0.2, 0.25) is 0 Å². The third kappa shape index (κ3) is 6.80. The summed E-state index contributed by atoms with van der Waals surface area (Å²) in [5.74, 6) is -1.74. The first-order chi connectivity index (χ1) is 15.4. The van der Waals surface area contributed by atoms with E-state index in [1.54, 1.807) is 18.2 Å². The van der Waals surface area contributed by atoms with Gasteiger partial charge in [-0.1, -0.05) is 25.3 Å². The molecule has 0 saturated heterocycles. The van der Waals surface area contributed by atoms with Gasteiger partial charge in [-0.2, -0.15) is 5.48 Å². The Labute approximate surface area is 185 Å². The lowest BCUT2D eigenvalue weighted by Crippen LogP contribution is -2.30. The van der Waals surface area contributed by atoms with E-state index in [1.807, 2.05) is 0 Å². The van der Waals surface area contributed by atoms with Crippen LogP contribution >= 0.6 is 0 Å². The van der Waals surface area contributed by atoms with Crippen LogP contribution in [0.5, 0.6) is 11.5 Å². The van der Waals surface area contributed by atoms with Crippen molar-refractivity contribution < 1.29 is 32.7 Å². The van der Waals surface area contributed by atoms with Crippen molar-refractivity contribution >= 4 is 18.0 Å². The summed E-state index contributed by atoms with van der Waals surface area (Å²) in [5, 5.41) is 0. The van der Waals surface area contributed by atoms with E-state index in [9.17, 15) is 18.4 Å². The van der Waals surface area contributed by atoms with Gasteiger partial charge in [0.05, 0.1) is 13.0 Å². The van der Waals surface area contributed by atoms with E-state index in [-0.39, 0.29) is 12.5 Å². The van der Waals surface area contributed by atoms with Gasteiger partial charge in [-0.25, -0.2) is 13.6 Å². The van der Waals surface area contributed by atoms with Crippen molar-refractivity contribution in [3.05, 3.63) is 65.2 Å². The third-order valence-corrected chi connectivity index (χ3v) is 5.12. The summed E-state index contributed by atoms with van der Waals surface area (Å²) in [6.45, 7) is -0.0466. The van der Waals surface area contributed by atoms with Crippen LogP contribution in [0.4, 0.5) is 8.78 Å². The molecule has 0 unspecified atom stereocenters. The van der Waals surface area contributed by atoms with Crippen LogP contribution in [0.1, 0.15) is 43.2 Å². The van der Waals surface area contributed by atoms with Gasteiger partial charge >= 0.3 is 5.97 Å². The number of hydrogen-bond donors (Lipinski definition) is 1. The highest BCUT2D eigenvalue weighted by Crippen LogP contribution is 2.29. The molecule has 1 N–H and O–H groups in total. The number of carbonyl (C=O) groups excluding carboxylic acids is 2. The van der Waals surface area contributed by atoms with Gasteiger partial charge in [0.15, 0.2) is 11.5 Å². The van der Waals surface area contributed by atoms with Crippen molar-refractivity contribution in [1.29, 1.82) is 0 Å². The van der Waals surface area contributed by atoms with Gasteiger partial charge < -0.3 is 14.3 Å². The molecule has 1 aliphatic rings. The third-order valence-electron chi connectivity index (χ3n) is 5.12. The molecule has 1 aliphatic carbocycles. The Balaban J connectivity index is 1.54. The van der Waals surface area contributed by atoms with Gasteiger partial charge in [-0.05, 0) is 54.3 Å². The van der Waals surface area contributed by atoms with Crippen LogP contribution in [0.25, 0.3) is 6.08 Å². The Kier molecular flexibility index (Phi) is 8.19. The van der Waals surface area contributed by atoms with Crippen LogP contribution in [0.15, 0.2) is 42.5 Å². The summed E-state index contributed by atoms with van der Waals surface area (Å²) in [5.41, 5.74) is 3.12. The topological polar surface area (TPSA) is 73.9 Å². The van der Waals surface area contributed by atoms with Crippen molar-refractivity contribution in [2.45, 2.75) is 38.7 Å². The van der Waals surface area contributed by atoms with E-state index in [0.29, 0.717) is 22.6 Å². The number of benzene rings is 2. The second kappa shape index (κ2) is 11.3. The molecule has 170 valence electrons. The van der Waals surface area contributed by atoms with Crippen LogP contribution in [-0.2, 0) is 21.0 Å². The predicted molar refractivity (Wildman–Crippen MR) is 114 cm³/mol. The minimum absolute atomic E-state index is 0.0466. The second-order valence-corrected chi connectivity index (χ2v) is 7.53. The van der Waals surface area contributed by atoms with Gasteiger partial charge in [0.2, 0.25) is 0 Å². The predicted octanol–water partition coefficient (Wildman–Crippen LogP) is 4.72. The standard InChI is InChI=1S/C24H25F2NO5/c1-30-22-13-16(7-9-21(22)31-15-17-11-19(25)14-20(26)12-17)8-10-23(28)27-32-24(29)18-5-3-2-4-6-18/h7-14,18H,2-6,15H2,1H3,(H,27,28)/b10-8+. The number of nitrogens with one attached hydrogen (secondary N) is 1. The fraction of sp³-hybridized carbons (Fsp3) is 0.333. The maximum atomic E-state index is 13.3. The van der Waals surface area contributed by atoms with E-state index in [2.05, 4.69) is 5.48 Å². The van der Waals surface area contributed by atoms with Crippen LogP contribution in [-0.4, -0.2) is 19.0 Å². The molecule has 1 fully saturated rings. The molecule has 0 bridgehead atoms. The van der Waals surface area contributed by atoms with Crippen LogP contribution in [0, 0.1) is 17.6 Å². The number of halogens is 2.